The second-order valence-electron chi connectivity index (χ2n) is 7.84. The van der Waals surface area contributed by atoms with Crippen LogP contribution in [0.4, 0.5) is 17.6 Å². The van der Waals surface area contributed by atoms with Crippen molar-refractivity contribution in [1.82, 2.24) is 0 Å². The lowest BCUT2D eigenvalue weighted by Gasteiger charge is -2.32. The van der Waals surface area contributed by atoms with Crippen LogP contribution in [0.1, 0.15) is 39.7 Å². The maximum absolute atomic E-state index is 15.4. The molecular weight excluding hydrogens is 381 g/mol. The Bertz CT molecular complexity index is 778. The highest BCUT2D eigenvalue weighted by atomic mass is 19.4. The molecule has 28 heavy (non-hydrogen) atoms. The van der Waals surface area contributed by atoms with E-state index in [0.29, 0.717) is 11.5 Å². The molecule has 2 aliphatic rings. The lowest BCUT2D eigenvalue weighted by Crippen LogP contribution is -2.41. The summed E-state index contributed by atoms with van der Waals surface area (Å²) in [5.41, 5.74) is 2.58. The van der Waals surface area contributed by atoms with Gasteiger partial charge in [-0.3, -0.25) is 0 Å². The van der Waals surface area contributed by atoms with Crippen molar-refractivity contribution in [2.45, 2.75) is 57.5 Å². The van der Waals surface area contributed by atoms with Crippen molar-refractivity contribution < 1.29 is 36.3 Å². The summed E-state index contributed by atoms with van der Waals surface area (Å²) in [5.74, 6) is 0.747. The topological polar surface area (TPSA) is 62.9 Å². The van der Waals surface area contributed by atoms with E-state index in [2.05, 4.69) is 0 Å². The Morgan fingerprint density at radius 1 is 1.11 bits per heavy atom. The first-order valence-electron chi connectivity index (χ1n) is 8.78. The predicted molar refractivity (Wildman–Crippen MR) is 95.3 cm³/mol. The summed E-state index contributed by atoms with van der Waals surface area (Å²) < 4.78 is 76.3. The van der Waals surface area contributed by atoms with Crippen LogP contribution in [0.15, 0.2) is 23.9 Å². The molecule has 0 saturated carbocycles. The number of nitrogens with two attached hydrogens (primary N) is 1. The average Bonchev–Trinajstić information content (AvgIpc) is 3.12. The van der Waals surface area contributed by atoms with E-state index >= 15 is 4.39 Å². The Labute approximate surface area is 160 Å². The minimum absolute atomic E-state index is 0.0143. The van der Waals surface area contributed by atoms with Gasteiger partial charge in [0.05, 0.1) is 11.2 Å². The molecule has 2 aliphatic heterocycles. The number of hydrogen-bond acceptors (Lipinski definition) is 5. The number of fused-ring (bicyclic) bond motifs is 1. The highest BCUT2D eigenvalue weighted by Crippen LogP contribution is 2.42. The third-order valence-corrected chi connectivity index (χ3v) is 5.31. The first-order valence-corrected chi connectivity index (χ1v) is 8.78. The lowest BCUT2D eigenvalue weighted by molar-refractivity contribution is -0.146. The summed E-state index contributed by atoms with van der Waals surface area (Å²) >= 11 is 0. The van der Waals surface area contributed by atoms with Gasteiger partial charge in [0.15, 0.2) is 11.5 Å². The maximum Gasteiger partial charge on any atom is 0.525 e. The predicted octanol–water partition coefficient (Wildman–Crippen LogP) is 4.01. The molecule has 154 valence electrons. The molecule has 5 nitrogen and oxygen atoms in total. The van der Waals surface area contributed by atoms with E-state index in [1.54, 1.807) is 27.7 Å². The van der Waals surface area contributed by atoms with Crippen LogP contribution in [0, 0.1) is 0 Å². The van der Waals surface area contributed by atoms with Crippen molar-refractivity contribution in [3.05, 3.63) is 29.5 Å². The van der Waals surface area contributed by atoms with Gasteiger partial charge < -0.3 is 24.5 Å². The van der Waals surface area contributed by atoms with E-state index in [-0.39, 0.29) is 17.9 Å². The lowest BCUT2D eigenvalue weighted by atomic mass is 9.80. The molecule has 3 rings (SSSR count). The third kappa shape index (κ3) is 3.85. The van der Waals surface area contributed by atoms with Crippen molar-refractivity contribution in [1.29, 1.82) is 0 Å². The Hall–Kier alpha value is -1.78. The number of hydrogen-bond donors (Lipinski definition) is 1. The molecule has 1 saturated heterocycles. The minimum atomic E-state index is -4.68. The Balaban J connectivity index is 2.02. The van der Waals surface area contributed by atoms with Crippen LogP contribution in [-0.4, -0.2) is 37.3 Å². The average molecular weight is 403 g/mol. The molecule has 0 spiro atoms. The quantitative estimate of drug-likeness (QED) is 0.608. The Kier molecular flexibility index (Phi) is 5.18. The molecule has 2 N–H and O–H groups in total. The zero-order chi connectivity index (χ0) is 20.9. The molecule has 1 fully saturated rings. The van der Waals surface area contributed by atoms with E-state index < -0.39 is 42.7 Å². The van der Waals surface area contributed by atoms with Gasteiger partial charge in [-0.05, 0) is 57.4 Å². The third-order valence-electron chi connectivity index (χ3n) is 5.31. The van der Waals surface area contributed by atoms with Crippen molar-refractivity contribution in [3.8, 4) is 11.5 Å². The molecule has 1 aromatic rings. The molecule has 0 amide bonds. The van der Waals surface area contributed by atoms with Crippen LogP contribution >= 0.6 is 0 Å². The summed E-state index contributed by atoms with van der Waals surface area (Å²) in [6.07, 6.45) is -5.46. The van der Waals surface area contributed by atoms with Crippen molar-refractivity contribution in [2.75, 3.05) is 6.79 Å². The van der Waals surface area contributed by atoms with Crippen molar-refractivity contribution >= 4 is 12.7 Å². The molecule has 0 radical (unpaired) electrons. The monoisotopic (exact) mass is 403 g/mol. The van der Waals surface area contributed by atoms with Crippen LogP contribution in [-0.2, 0) is 9.31 Å². The number of alkyl halides is 3. The van der Waals surface area contributed by atoms with Crippen LogP contribution in [0.25, 0.3) is 5.57 Å². The van der Waals surface area contributed by atoms with Crippen LogP contribution in [0.2, 0.25) is 0 Å². The second kappa shape index (κ2) is 6.93. The normalized spacial score (nSPS) is 22.2. The van der Waals surface area contributed by atoms with E-state index in [0.717, 1.165) is 0 Å². The first kappa shape index (κ1) is 20.9. The van der Waals surface area contributed by atoms with E-state index in [1.807, 2.05) is 0 Å². The summed E-state index contributed by atoms with van der Waals surface area (Å²) in [6.45, 7) is 6.88. The molecule has 1 unspecified atom stereocenters. The molecule has 1 atom stereocenters. The van der Waals surface area contributed by atoms with E-state index in [4.69, 9.17) is 24.5 Å². The fraction of sp³-hybridized carbons (Fsp3) is 0.556. The smallest absolute Gasteiger partial charge is 0.454 e. The van der Waals surface area contributed by atoms with Gasteiger partial charge >= 0.3 is 13.3 Å². The van der Waals surface area contributed by atoms with Crippen LogP contribution in [0.5, 0.6) is 11.5 Å². The number of rotatable bonds is 4. The highest BCUT2D eigenvalue weighted by molar-refractivity contribution is 6.55. The Morgan fingerprint density at radius 2 is 1.68 bits per heavy atom. The first-order chi connectivity index (χ1) is 12.8. The number of halogens is 4. The molecule has 1 aromatic carbocycles. The molecule has 2 heterocycles. The maximum atomic E-state index is 15.4. The largest absolute Gasteiger partial charge is 0.525 e. The van der Waals surface area contributed by atoms with E-state index in [9.17, 15) is 13.2 Å². The van der Waals surface area contributed by atoms with Crippen molar-refractivity contribution in [3.63, 3.8) is 0 Å². The number of benzene rings is 1. The van der Waals surface area contributed by atoms with Gasteiger partial charge in [0, 0.05) is 0 Å². The summed E-state index contributed by atoms with van der Waals surface area (Å²) in [6, 6.07) is 2.14. The highest BCUT2D eigenvalue weighted by Gasteiger charge is 2.54. The summed E-state index contributed by atoms with van der Waals surface area (Å²) in [7, 11) is -1.44. The van der Waals surface area contributed by atoms with Gasteiger partial charge in [0.2, 0.25) is 6.79 Å². The van der Waals surface area contributed by atoms with Gasteiger partial charge in [-0.15, -0.1) is 0 Å². The van der Waals surface area contributed by atoms with Crippen LogP contribution < -0.4 is 15.2 Å². The summed E-state index contributed by atoms with van der Waals surface area (Å²) in [5, 5.41) is 0. The molecular formula is C18H22BF4NO4. The second-order valence-corrected chi connectivity index (χ2v) is 7.84. The van der Waals surface area contributed by atoms with Gasteiger partial charge in [0.1, 0.15) is 11.8 Å². The molecule has 10 heteroatoms. The van der Waals surface area contributed by atoms with Crippen LogP contribution in [0.3, 0.4) is 0 Å². The van der Waals surface area contributed by atoms with E-state index in [1.165, 1.54) is 18.2 Å². The van der Waals surface area contributed by atoms with Gasteiger partial charge in [-0.25, -0.2) is 4.39 Å². The SMILES string of the molecule is CC1(C)OB(C(F)=C(CC(N)C(F)(F)F)c2ccc3c(c2)OCO3)OC1(C)C. The minimum Gasteiger partial charge on any atom is -0.454 e. The Morgan fingerprint density at radius 3 is 2.25 bits per heavy atom. The number of ether oxygens (including phenoxy) is 2. The van der Waals surface area contributed by atoms with Gasteiger partial charge in [-0.2, -0.15) is 13.2 Å². The summed E-state index contributed by atoms with van der Waals surface area (Å²) in [4.78, 5) is 0. The standard InChI is InChI=1S/C18H22BF4NO4/c1-16(2)17(3,4)28-19(27-16)15(20)11(8-14(24)18(21,22)23)10-5-6-12-13(7-10)26-9-25-12/h5-7,14H,8-9,24H2,1-4H3. The van der Waals surface area contributed by atoms with Gasteiger partial charge in [0.25, 0.3) is 0 Å². The molecule has 0 bridgehead atoms. The fourth-order valence-electron chi connectivity index (χ4n) is 2.86. The fourth-order valence-corrected chi connectivity index (χ4v) is 2.86. The molecule has 0 aliphatic carbocycles. The zero-order valence-electron chi connectivity index (χ0n) is 16.0. The van der Waals surface area contributed by atoms with Crippen molar-refractivity contribution in [2.24, 2.45) is 5.73 Å². The zero-order valence-corrected chi connectivity index (χ0v) is 16.0. The molecule has 0 aromatic heterocycles. The van der Waals surface area contributed by atoms with Gasteiger partial charge in [-0.1, -0.05) is 6.07 Å².